The van der Waals surface area contributed by atoms with Crippen LogP contribution in [0.2, 0.25) is 0 Å². The van der Waals surface area contributed by atoms with Crippen molar-refractivity contribution < 1.29 is 9.84 Å². The summed E-state index contributed by atoms with van der Waals surface area (Å²) in [5.41, 5.74) is 2.32. The molecule has 0 aliphatic carbocycles. The molecule has 19 heavy (non-hydrogen) atoms. The first kappa shape index (κ1) is 13.1. The van der Waals surface area contributed by atoms with Crippen LogP contribution in [0.4, 0.5) is 0 Å². The van der Waals surface area contributed by atoms with E-state index in [4.69, 9.17) is 15.1 Å². The van der Waals surface area contributed by atoms with Crippen LogP contribution in [0.1, 0.15) is 12.5 Å². The molecule has 0 bridgehead atoms. The molecular formula is C13H14N4O2. The lowest BCUT2D eigenvalue weighted by atomic mass is 10.2. The van der Waals surface area contributed by atoms with Crippen LogP contribution < -0.4 is 4.74 Å². The third kappa shape index (κ3) is 3.09. The lowest BCUT2D eigenvalue weighted by Gasteiger charge is -2.10. The summed E-state index contributed by atoms with van der Waals surface area (Å²) in [5, 5.41) is 17.4. The number of H-pyrrole nitrogens is 1. The van der Waals surface area contributed by atoms with E-state index < -0.39 is 0 Å². The second kappa shape index (κ2) is 5.98. The third-order valence-corrected chi connectivity index (χ3v) is 2.55. The molecule has 1 unspecified atom stereocenters. The number of ether oxygens (including phenoxy) is 1. The lowest BCUT2D eigenvalue weighted by Crippen LogP contribution is -2.17. The number of allylic oxidation sites excluding steroid dienone is 2. The van der Waals surface area contributed by atoms with Crippen molar-refractivity contribution in [2.45, 2.75) is 19.4 Å². The Balaban J connectivity index is 2.27. The fourth-order valence-corrected chi connectivity index (χ4v) is 1.62. The minimum absolute atomic E-state index is 0.0788. The van der Waals surface area contributed by atoms with Crippen LogP contribution >= 0.6 is 0 Å². The highest BCUT2D eigenvalue weighted by molar-refractivity contribution is 5.75. The number of rotatable bonds is 5. The molecule has 0 aliphatic heterocycles. The van der Waals surface area contributed by atoms with Crippen molar-refractivity contribution >= 4 is 11.2 Å². The maximum absolute atomic E-state index is 8.95. The van der Waals surface area contributed by atoms with E-state index in [1.54, 1.807) is 13.0 Å². The Labute approximate surface area is 110 Å². The lowest BCUT2D eigenvalue weighted by molar-refractivity contribution is 0.125. The molecule has 0 spiro atoms. The molecule has 0 fully saturated rings. The molecule has 2 aromatic heterocycles. The zero-order valence-electron chi connectivity index (χ0n) is 10.5. The molecule has 2 aromatic rings. The molecule has 0 amide bonds. The summed E-state index contributed by atoms with van der Waals surface area (Å²) in [6, 6.07) is 1.94. The van der Waals surface area contributed by atoms with Crippen molar-refractivity contribution in [2.75, 3.05) is 6.61 Å². The van der Waals surface area contributed by atoms with Gasteiger partial charge in [-0.2, -0.15) is 5.26 Å². The fourth-order valence-electron chi connectivity index (χ4n) is 1.62. The minimum Gasteiger partial charge on any atom is -0.471 e. The molecule has 0 saturated carbocycles. The monoisotopic (exact) mass is 258 g/mol. The quantitative estimate of drug-likeness (QED) is 0.789. The maximum Gasteiger partial charge on any atom is 0.233 e. The van der Waals surface area contributed by atoms with E-state index in [-0.39, 0.29) is 12.7 Å². The van der Waals surface area contributed by atoms with Gasteiger partial charge >= 0.3 is 0 Å². The Morgan fingerprint density at radius 2 is 2.47 bits per heavy atom. The first-order valence-electron chi connectivity index (χ1n) is 5.89. The van der Waals surface area contributed by atoms with Gasteiger partial charge in [0.25, 0.3) is 0 Å². The number of aromatic nitrogens is 3. The van der Waals surface area contributed by atoms with Gasteiger partial charge in [0.2, 0.25) is 5.88 Å². The van der Waals surface area contributed by atoms with Crippen molar-refractivity contribution in [2.24, 2.45) is 0 Å². The van der Waals surface area contributed by atoms with Gasteiger partial charge < -0.3 is 14.8 Å². The third-order valence-electron chi connectivity index (χ3n) is 2.55. The van der Waals surface area contributed by atoms with Gasteiger partial charge in [-0.25, -0.2) is 9.97 Å². The molecule has 6 heteroatoms. The number of fused-ring (bicyclic) bond motifs is 1. The van der Waals surface area contributed by atoms with Crippen molar-refractivity contribution in [3.63, 3.8) is 0 Å². The topological polar surface area (TPSA) is 94.8 Å². The molecule has 98 valence electrons. The summed E-state index contributed by atoms with van der Waals surface area (Å²) in [4.78, 5) is 11.6. The predicted octanol–water partition coefficient (Wildman–Crippen LogP) is 1.34. The van der Waals surface area contributed by atoms with Crippen molar-refractivity contribution in [1.29, 1.82) is 5.26 Å². The van der Waals surface area contributed by atoms with E-state index in [9.17, 15) is 0 Å². The highest BCUT2D eigenvalue weighted by Crippen LogP contribution is 2.18. The number of aromatic amines is 1. The van der Waals surface area contributed by atoms with Gasteiger partial charge in [0, 0.05) is 17.8 Å². The average Bonchev–Trinajstić information content (AvgIpc) is 2.82. The van der Waals surface area contributed by atoms with Gasteiger partial charge in [0.15, 0.2) is 5.65 Å². The molecule has 0 saturated heterocycles. The zero-order chi connectivity index (χ0) is 13.7. The Hall–Kier alpha value is -2.39. The van der Waals surface area contributed by atoms with Crippen LogP contribution in [-0.4, -0.2) is 32.8 Å². The molecule has 0 radical (unpaired) electrons. The molecular weight excluding hydrogens is 244 g/mol. The SMILES string of the molecule is CC(CO)Oc1cnc2[nH]cc(C/C=C\C#N)c2n1. The number of nitrogens with one attached hydrogen (secondary N) is 1. The first-order valence-corrected chi connectivity index (χ1v) is 5.89. The van der Waals surface area contributed by atoms with E-state index in [0.717, 1.165) is 5.56 Å². The normalized spacial score (nSPS) is 12.7. The van der Waals surface area contributed by atoms with Crippen LogP contribution in [0, 0.1) is 11.3 Å². The van der Waals surface area contributed by atoms with Gasteiger partial charge in [-0.1, -0.05) is 6.08 Å². The van der Waals surface area contributed by atoms with Crippen LogP contribution in [0.3, 0.4) is 0 Å². The van der Waals surface area contributed by atoms with Gasteiger partial charge in [-0.3, -0.25) is 0 Å². The van der Waals surface area contributed by atoms with Crippen LogP contribution in [0.5, 0.6) is 5.88 Å². The molecule has 0 aliphatic rings. The minimum atomic E-state index is -0.326. The number of nitriles is 1. The summed E-state index contributed by atoms with van der Waals surface area (Å²) in [6.45, 7) is 1.67. The smallest absolute Gasteiger partial charge is 0.233 e. The van der Waals surface area contributed by atoms with Crippen LogP contribution in [0.25, 0.3) is 11.2 Å². The summed E-state index contributed by atoms with van der Waals surface area (Å²) in [6.07, 6.45) is 6.79. The Morgan fingerprint density at radius 1 is 1.63 bits per heavy atom. The zero-order valence-corrected chi connectivity index (χ0v) is 10.5. The van der Waals surface area contributed by atoms with E-state index in [1.165, 1.54) is 12.3 Å². The number of aliphatic hydroxyl groups is 1. The molecule has 2 N–H and O–H groups in total. The fraction of sp³-hybridized carbons (Fsp3) is 0.308. The number of hydrogen-bond donors (Lipinski definition) is 2. The molecule has 1 atom stereocenters. The average molecular weight is 258 g/mol. The second-order valence-electron chi connectivity index (χ2n) is 4.07. The number of aliphatic hydroxyl groups excluding tert-OH is 1. The van der Waals surface area contributed by atoms with Gasteiger partial charge in [-0.15, -0.1) is 0 Å². The van der Waals surface area contributed by atoms with Gasteiger partial charge in [0.1, 0.15) is 11.6 Å². The summed E-state index contributed by atoms with van der Waals surface area (Å²) < 4.78 is 5.41. The standard InChI is InChI=1S/C13H14N4O2/c1-9(8-18)19-11-7-16-13-12(17-11)10(6-15-13)4-2-3-5-14/h2-3,6-7,9,18H,4,8H2,1H3,(H,15,16)/b3-2-. The summed E-state index contributed by atoms with van der Waals surface area (Å²) in [5.74, 6) is 0.374. The van der Waals surface area contributed by atoms with Crippen LogP contribution in [-0.2, 0) is 6.42 Å². The molecule has 2 rings (SSSR count). The summed E-state index contributed by atoms with van der Waals surface area (Å²) >= 11 is 0. The van der Waals surface area contributed by atoms with Gasteiger partial charge in [0.05, 0.1) is 18.9 Å². The molecule has 6 nitrogen and oxygen atoms in total. The maximum atomic E-state index is 8.95. The largest absolute Gasteiger partial charge is 0.471 e. The Bertz CT molecular complexity index is 627. The predicted molar refractivity (Wildman–Crippen MR) is 69.5 cm³/mol. The van der Waals surface area contributed by atoms with Gasteiger partial charge in [-0.05, 0) is 13.3 Å². The Kier molecular flexibility index (Phi) is 4.11. The highest BCUT2D eigenvalue weighted by Gasteiger charge is 2.09. The van der Waals surface area contributed by atoms with E-state index in [0.29, 0.717) is 23.5 Å². The van der Waals surface area contributed by atoms with E-state index >= 15 is 0 Å². The number of hydrogen-bond acceptors (Lipinski definition) is 5. The molecule has 2 heterocycles. The van der Waals surface area contributed by atoms with Crippen LogP contribution in [0.15, 0.2) is 24.5 Å². The highest BCUT2D eigenvalue weighted by atomic mass is 16.5. The Morgan fingerprint density at radius 3 is 3.21 bits per heavy atom. The van der Waals surface area contributed by atoms with E-state index in [2.05, 4.69) is 15.0 Å². The first-order chi connectivity index (χ1) is 9.24. The van der Waals surface area contributed by atoms with Crippen molar-refractivity contribution in [1.82, 2.24) is 15.0 Å². The molecule has 0 aromatic carbocycles. The second-order valence-corrected chi connectivity index (χ2v) is 4.07. The number of nitrogens with zero attached hydrogens (tertiary/aromatic N) is 3. The van der Waals surface area contributed by atoms with Crippen molar-refractivity contribution in [3.05, 3.63) is 30.1 Å². The van der Waals surface area contributed by atoms with Crippen molar-refractivity contribution in [3.8, 4) is 11.9 Å². The summed E-state index contributed by atoms with van der Waals surface area (Å²) in [7, 11) is 0. The van der Waals surface area contributed by atoms with E-state index in [1.807, 2.05) is 12.3 Å².